The van der Waals surface area contributed by atoms with Crippen LogP contribution < -0.4 is 5.56 Å². The zero-order valence-corrected chi connectivity index (χ0v) is 18.8. The van der Waals surface area contributed by atoms with Crippen LogP contribution in [0.3, 0.4) is 0 Å². The lowest BCUT2D eigenvalue weighted by molar-refractivity contribution is -0.138. The van der Waals surface area contributed by atoms with Crippen molar-refractivity contribution < 1.29 is 9.90 Å². The van der Waals surface area contributed by atoms with Crippen molar-refractivity contribution in [3.8, 4) is 0 Å². The van der Waals surface area contributed by atoms with Gasteiger partial charge in [0.25, 0.3) is 5.56 Å². The fourth-order valence-corrected chi connectivity index (χ4v) is 4.20. The smallest absolute Gasteiger partial charge is 0.327 e. The van der Waals surface area contributed by atoms with Gasteiger partial charge in [0.1, 0.15) is 0 Å². The molecule has 9 heteroatoms. The molecule has 1 aromatic carbocycles. The molecule has 2 heterocycles. The molecule has 0 bridgehead atoms. The number of halogens is 1. The van der Waals surface area contributed by atoms with Crippen molar-refractivity contribution >= 4 is 23.1 Å². The molecule has 0 aliphatic heterocycles. The molecule has 5 rings (SSSR count). The van der Waals surface area contributed by atoms with E-state index in [0.717, 1.165) is 58.4 Å². The molecular weight excluding hydrogens is 442 g/mol. The summed E-state index contributed by atoms with van der Waals surface area (Å²) in [5.74, 6) is 0.396. The Hall–Kier alpha value is -3.26. The van der Waals surface area contributed by atoms with Gasteiger partial charge in [0.15, 0.2) is 12.4 Å². The number of carbonyl (C=O) groups is 1. The summed E-state index contributed by atoms with van der Waals surface area (Å²) in [7, 11) is 0. The molecule has 2 saturated carbocycles. The van der Waals surface area contributed by atoms with E-state index in [4.69, 9.17) is 16.7 Å². The van der Waals surface area contributed by atoms with E-state index >= 15 is 0 Å². The number of hydrogen-bond donors (Lipinski definition) is 2. The quantitative estimate of drug-likeness (QED) is 0.499. The van der Waals surface area contributed by atoms with Crippen LogP contribution in [0.5, 0.6) is 0 Å². The molecular formula is C24H24ClN5O3. The Balaban J connectivity index is 1.35. The number of carboxylic acids is 1. The molecule has 0 spiro atoms. The van der Waals surface area contributed by atoms with Crippen molar-refractivity contribution in [2.75, 3.05) is 0 Å². The summed E-state index contributed by atoms with van der Waals surface area (Å²) in [5, 5.41) is 21.2. The van der Waals surface area contributed by atoms with Crippen molar-refractivity contribution in [2.24, 2.45) is 5.92 Å². The normalized spacial score (nSPS) is 16.2. The Labute approximate surface area is 195 Å². The van der Waals surface area contributed by atoms with Crippen molar-refractivity contribution in [2.45, 2.75) is 51.0 Å². The number of nitrogens with zero attached hydrogens (tertiary/aromatic N) is 4. The first kappa shape index (κ1) is 21.6. The molecule has 2 aliphatic carbocycles. The topological polar surface area (TPSA) is 114 Å². The molecule has 0 atom stereocenters. The van der Waals surface area contributed by atoms with Gasteiger partial charge in [0, 0.05) is 28.3 Å². The second kappa shape index (κ2) is 8.94. The summed E-state index contributed by atoms with van der Waals surface area (Å²) in [6, 6.07) is 9.92. The van der Waals surface area contributed by atoms with Gasteiger partial charge in [-0.15, -0.1) is 10.2 Å². The number of aryl methyl sites for hydroxylation is 2. The van der Waals surface area contributed by atoms with Crippen LogP contribution in [-0.2, 0) is 24.2 Å². The Bertz CT molecular complexity index is 1290. The zero-order chi connectivity index (χ0) is 22.9. The second-order valence-electron chi connectivity index (χ2n) is 8.78. The maximum atomic E-state index is 12.6. The average Bonchev–Trinajstić information content (AvgIpc) is 3.70. The van der Waals surface area contributed by atoms with E-state index in [-0.39, 0.29) is 12.1 Å². The van der Waals surface area contributed by atoms with Crippen LogP contribution in [0.15, 0.2) is 41.2 Å². The van der Waals surface area contributed by atoms with Gasteiger partial charge >= 0.3 is 5.97 Å². The van der Waals surface area contributed by atoms with E-state index in [2.05, 4.69) is 26.5 Å². The SMILES string of the molecule is O=C(O)Cn1nnc(CCc2ccc(/C(=C\C3CC3)c3ccc(C4CC4)c(=O)[nH]3)cc2Cl)n1. The molecule has 33 heavy (non-hydrogen) atoms. The number of nitrogens with one attached hydrogen (secondary N) is 1. The number of allylic oxidation sites excluding steroid dienone is 1. The third-order valence-corrected chi connectivity index (χ3v) is 6.38. The lowest BCUT2D eigenvalue weighted by Gasteiger charge is -2.12. The second-order valence-corrected chi connectivity index (χ2v) is 9.19. The minimum Gasteiger partial charge on any atom is -0.480 e. The zero-order valence-electron chi connectivity index (χ0n) is 18.0. The van der Waals surface area contributed by atoms with Gasteiger partial charge in [-0.1, -0.05) is 35.9 Å². The predicted octanol–water partition coefficient (Wildman–Crippen LogP) is 3.60. The van der Waals surface area contributed by atoms with Crippen LogP contribution in [0.1, 0.15) is 59.8 Å². The van der Waals surface area contributed by atoms with Crippen molar-refractivity contribution in [1.82, 2.24) is 25.2 Å². The van der Waals surface area contributed by atoms with Gasteiger partial charge in [-0.3, -0.25) is 9.59 Å². The first-order valence-electron chi connectivity index (χ1n) is 11.2. The monoisotopic (exact) mass is 465 g/mol. The largest absolute Gasteiger partial charge is 0.480 e. The van der Waals surface area contributed by atoms with E-state index in [0.29, 0.717) is 35.5 Å². The summed E-state index contributed by atoms with van der Waals surface area (Å²) >= 11 is 6.62. The first-order chi connectivity index (χ1) is 16.0. The minimum atomic E-state index is -1.02. The summed E-state index contributed by atoms with van der Waals surface area (Å²) in [6.45, 7) is -0.317. The Morgan fingerprint density at radius 2 is 2.00 bits per heavy atom. The highest BCUT2D eigenvalue weighted by molar-refractivity contribution is 6.31. The highest BCUT2D eigenvalue weighted by Crippen LogP contribution is 2.39. The van der Waals surface area contributed by atoms with Crippen LogP contribution in [0, 0.1) is 5.92 Å². The van der Waals surface area contributed by atoms with Gasteiger partial charge in [-0.05, 0) is 72.4 Å². The van der Waals surface area contributed by atoms with Crippen LogP contribution in [0.25, 0.3) is 5.57 Å². The number of carboxylic acid groups (broad SMARTS) is 1. The maximum Gasteiger partial charge on any atom is 0.327 e. The number of pyridine rings is 1. The number of aromatic amines is 1. The fraction of sp³-hybridized carbons (Fsp3) is 0.375. The first-order valence-corrected chi connectivity index (χ1v) is 11.6. The molecule has 0 saturated heterocycles. The third kappa shape index (κ3) is 5.22. The van der Waals surface area contributed by atoms with Gasteiger partial charge in [-0.25, -0.2) is 0 Å². The Morgan fingerprint density at radius 1 is 1.18 bits per heavy atom. The van der Waals surface area contributed by atoms with Crippen LogP contribution in [0.2, 0.25) is 5.02 Å². The van der Waals surface area contributed by atoms with Crippen molar-refractivity contribution in [3.05, 3.63) is 80.0 Å². The number of H-pyrrole nitrogens is 1. The summed E-state index contributed by atoms with van der Waals surface area (Å²) in [6.07, 6.45) is 7.85. The molecule has 0 unspecified atom stereocenters. The van der Waals surface area contributed by atoms with E-state index in [1.54, 1.807) is 0 Å². The summed E-state index contributed by atoms with van der Waals surface area (Å²) in [4.78, 5) is 27.5. The van der Waals surface area contributed by atoms with Crippen molar-refractivity contribution in [3.63, 3.8) is 0 Å². The summed E-state index contributed by atoms with van der Waals surface area (Å²) < 4.78 is 0. The lowest BCUT2D eigenvalue weighted by atomic mass is 9.97. The minimum absolute atomic E-state index is 0.00265. The predicted molar refractivity (Wildman–Crippen MR) is 123 cm³/mol. The molecule has 2 aromatic heterocycles. The fourth-order valence-electron chi connectivity index (χ4n) is 3.93. The van der Waals surface area contributed by atoms with E-state index in [9.17, 15) is 9.59 Å². The van der Waals surface area contributed by atoms with E-state index in [1.807, 2.05) is 30.3 Å². The number of aliphatic carboxylic acids is 1. The van der Waals surface area contributed by atoms with Gasteiger partial charge in [0.05, 0.1) is 0 Å². The number of benzene rings is 1. The molecule has 0 amide bonds. The van der Waals surface area contributed by atoms with Gasteiger partial charge in [-0.2, -0.15) is 4.80 Å². The number of hydrogen-bond acceptors (Lipinski definition) is 5. The Kier molecular flexibility index (Phi) is 5.85. The summed E-state index contributed by atoms with van der Waals surface area (Å²) in [5.41, 5.74) is 4.62. The molecule has 2 N–H and O–H groups in total. The highest BCUT2D eigenvalue weighted by Gasteiger charge is 2.27. The molecule has 2 fully saturated rings. The average molecular weight is 466 g/mol. The Morgan fingerprint density at radius 3 is 2.67 bits per heavy atom. The van der Waals surface area contributed by atoms with Crippen LogP contribution >= 0.6 is 11.6 Å². The molecule has 170 valence electrons. The molecule has 2 aliphatic rings. The van der Waals surface area contributed by atoms with Crippen LogP contribution in [-0.4, -0.2) is 36.3 Å². The maximum absolute atomic E-state index is 12.6. The number of tetrazole rings is 1. The lowest BCUT2D eigenvalue weighted by Crippen LogP contribution is -2.13. The van der Waals surface area contributed by atoms with E-state index < -0.39 is 5.97 Å². The standard InChI is InChI=1S/C24H24ClN5O3/c25-20-12-17(6-5-16(20)7-10-22-27-29-30(28-22)13-23(31)32)19(11-14-1-2-14)21-9-8-18(15-3-4-15)24(33)26-21/h5-6,8-9,11-12,14-15H,1-4,7,10,13H2,(H,26,33)(H,31,32)/b19-11+. The van der Waals surface area contributed by atoms with Gasteiger partial charge in [0.2, 0.25) is 0 Å². The van der Waals surface area contributed by atoms with Gasteiger partial charge < -0.3 is 10.1 Å². The molecule has 8 nitrogen and oxygen atoms in total. The molecule has 0 radical (unpaired) electrons. The van der Waals surface area contributed by atoms with E-state index in [1.165, 1.54) is 0 Å². The number of aromatic nitrogens is 5. The van der Waals surface area contributed by atoms with Crippen molar-refractivity contribution in [1.29, 1.82) is 0 Å². The van der Waals surface area contributed by atoms with Crippen LogP contribution in [0.4, 0.5) is 0 Å². The number of rotatable bonds is 9. The molecule has 3 aromatic rings. The highest BCUT2D eigenvalue weighted by atomic mass is 35.5. The third-order valence-electron chi connectivity index (χ3n) is 6.02.